The van der Waals surface area contributed by atoms with Crippen LogP contribution in [0.4, 0.5) is 11.5 Å². The lowest BCUT2D eigenvalue weighted by molar-refractivity contribution is 0.0601. The molecule has 0 bridgehead atoms. The van der Waals surface area contributed by atoms with Gasteiger partial charge in [-0.15, -0.1) is 0 Å². The number of nitrogens with one attached hydrogen (secondary N) is 1. The van der Waals surface area contributed by atoms with E-state index in [1.807, 2.05) is 31.2 Å². The van der Waals surface area contributed by atoms with Gasteiger partial charge in [0.2, 0.25) is 0 Å². The van der Waals surface area contributed by atoms with E-state index in [0.29, 0.717) is 17.2 Å². The van der Waals surface area contributed by atoms with E-state index in [2.05, 4.69) is 15.3 Å². The summed E-state index contributed by atoms with van der Waals surface area (Å²) in [6, 6.07) is 7.77. The smallest absolute Gasteiger partial charge is 0.343 e. The van der Waals surface area contributed by atoms with E-state index in [1.54, 1.807) is 6.92 Å². The van der Waals surface area contributed by atoms with E-state index in [0.717, 1.165) is 11.3 Å². The van der Waals surface area contributed by atoms with Gasteiger partial charge >= 0.3 is 5.97 Å². The molecule has 5 heteroatoms. The maximum Gasteiger partial charge on any atom is 0.343 e. The summed E-state index contributed by atoms with van der Waals surface area (Å²) in [5.74, 6) is 0.577. The first-order valence-electron chi connectivity index (χ1n) is 5.86. The van der Waals surface area contributed by atoms with Crippen molar-refractivity contribution in [3.8, 4) is 0 Å². The number of hydrogen-bond acceptors (Lipinski definition) is 5. The molecule has 5 nitrogen and oxygen atoms in total. The normalized spacial score (nSPS) is 10.1. The molecule has 0 aliphatic heterocycles. The summed E-state index contributed by atoms with van der Waals surface area (Å²) >= 11 is 0. The topological polar surface area (TPSA) is 64.1 Å². The summed E-state index contributed by atoms with van der Waals surface area (Å²) in [4.78, 5) is 20.0. The van der Waals surface area contributed by atoms with Gasteiger partial charge in [-0.3, -0.25) is 0 Å². The highest BCUT2D eigenvalue weighted by molar-refractivity contribution is 5.95. The molecule has 0 saturated carbocycles. The highest BCUT2D eigenvalue weighted by atomic mass is 16.5. The fourth-order valence-electron chi connectivity index (χ4n) is 1.67. The molecule has 0 saturated heterocycles. The minimum absolute atomic E-state index is 0.316. The number of anilines is 2. The van der Waals surface area contributed by atoms with E-state index in [-0.39, 0.29) is 0 Å². The minimum Gasteiger partial charge on any atom is -0.465 e. The van der Waals surface area contributed by atoms with E-state index < -0.39 is 5.97 Å². The molecule has 98 valence electrons. The molecular weight excluding hydrogens is 242 g/mol. The number of para-hydroxylation sites is 1. The molecule has 1 heterocycles. The summed E-state index contributed by atoms with van der Waals surface area (Å²) in [6.45, 7) is 3.75. The predicted molar refractivity (Wildman–Crippen MR) is 72.6 cm³/mol. The van der Waals surface area contributed by atoms with Gasteiger partial charge in [0.15, 0.2) is 0 Å². The van der Waals surface area contributed by atoms with Crippen LogP contribution < -0.4 is 5.32 Å². The highest BCUT2D eigenvalue weighted by Crippen LogP contribution is 2.21. The zero-order valence-electron chi connectivity index (χ0n) is 11.1. The largest absolute Gasteiger partial charge is 0.465 e. The molecule has 1 aromatic carbocycles. The van der Waals surface area contributed by atoms with Crippen molar-refractivity contribution < 1.29 is 9.53 Å². The molecule has 0 amide bonds. The summed E-state index contributed by atoms with van der Waals surface area (Å²) in [5, 5.41) is 3.14. The number of benzene rings is 1. The molecule has 0 aliphatic rings. The van der Waals surface area contributed by atoms with Crippen LogP contribution in [0.1, 0.15) is 21.7 Å². The second-order valence-electron chi connectivity index (χ2n) is 4.11. The maximum atomic E-state index is 11.7. The van der Waals surface area contributed by atoms with Crippen LogP contribution in [-0.2, 0) is 4.74 Å². The average Bonchev–Trinajstić information content (AvgIpc) is 2.41. The van der Waals surface area contributed by atoms with Crippen LogP contribution in [0.15, 0.2) is 30.5 Å². The minimum atomic E-state index is -0.462. The number of carbonyl (C=O) groups is 1. The monoisotopic (exact) mass is 257 g/mol. The molecule has 0 aliphatic carbocycles. The second-order valence-corrected chi connectivity index (χ2v) is 4.11. The molecule has 0 atom stereocenters. The lowest BCUT2D eigenvalue weighted by atomic mass is 10.2. The van der Waals surface area contributed by atoms with E-state index in [4.69, 9.17) is 4.74 Å². The molecule has 2 aromatic rings. The molecule has 19 heavy (non-hydrogen) atoms. The maximum absolute atomic E-state index is 11.7. The molecule has 0 radical (unpaired) electrons. The van der Waals surface area contributed by atoms with E-state index in [1.165, 1.54) is 13.3 Å². The average molecular weight is 257 g/mol. The molecule has 1 N–H and O–H groups in total. The standard InChI is InChI=1S/C14H15N3O2/c1-9-6-4-5-7-12(9)17-13-11(14(18)19-3)8-15-10(2)16-13/h4-8H,1-3H3,(H,15,16,17). The number of esters is 1. The Morgan fingerprint density at radius 1 is 1.26 bits per heavy atom. The van der Waals surface area contributed by atoms with Crippen molar-refractivity contribution in [1.29, 1.82) is 0 Å². The Hall–Kier alpha value is -2.43. The third-order valence-electron chi connectivity index (χ3n) is 2.71. The van der Waals surface area contributed by atoms with Gasteiger partial charge in [-0.2, -0.15) is 0 Å². The van der Waals surface area contributed by atoms with Crippen molar-refractivity contribution in [2.75, 3.05) is 12.4 Å². The highest BCUT2D eigenvalue weighted by Gasteiger charge is 2.14. The van der Waals surface area contributed by atoms with Gasteiger partial charge in [-0.25, -0.2) is 14.8 Å². The number of methoxy groups -OCH3 is 1. The molecule has 1 aromatic heterocycles. The van der Waals surface area contributed by atoms with Crippen LogP contribution in [0.25, 0.3) is 0 Å². The Balaban J connectivity index is 2.41. The van der Waals surface area contributed by atoms with Crippen molar-refractivity contribution in [3.05, 3.63) is 47.4 Å². The van der Waals surface area contributed by atoms with Crippen LogP contribution in [0.3, 0.4) is 0 Å². The number of hydrogen-bond donors (Lipinski definition) is 1. The fraction of sp³-hybridized carbons (Fsp3) is 0.214. The Labute approximate surface area is 111 Å². The lowest BCUT2D eigenvalue weighted by Gasteiger charge is -2.11. The van der Waals surface area contributed by atoms with Crippen LogP contribution >= 0.6 is 0 Å². The number of aromatic nitrogens is 2. The van der Waals surface area contributed by atoms with Crippen LogP contribution in [0.2, 0.25) is 0 Å². The first-order chi connectivity index (χ1) is 9.11. The van der Waals surface area contributed by atoms with Gasteiger partial charge in [0, 0.05) is 11.9 Å². The van der Waals surface area contributed by atoms with Gasteiger partial charge in [-0.1, -0.05) is 18.2 Å². The van der Waals surface area contributed by atoms with Crippen LogP contribution in [-0.4, -0.2) is 23.0 Å². The Bertz CT molecular complexity index is 611. The number of aryl methyl sites for hydroxylation is 2. The molecule has 0 unspecified atom stereocenters. The summed E-state index contributed by atoms with van der Waals surface area (Å²) in [6.07, 6.45) is 1.47. The number of ether oxygens (including phenoxy) is 1. The molecular formula is C14H15N3O2. The Morgan fingerprint density at radius 3 is 2.68 bits per heavy atom. The molecule has 0 spiro atoms. The van der Waals surface area contributed by atoms with Crippen molar-refractivity contribution >= 4 is 17.5 Å². The Kier molecular flexibility index (Phi) is 3.75. The third kappa shape index (κ3) is 2.88. The summed E-state index contributed by atoms with van der Waals surface area (Å²) in [5.41, 5.74) is 2.27. The van der Waals surface area contributed by atoms with Gasteiger partial charge in [0.25, 0.3) is 0 Å². The summed E-state index contributed by atoms with van der Waals surface area (Å²) < 4.78 is 4.73. The van der Waals surface area contributed by atoms with Crippen molar-refractivity contribution in [2.45, 2.75) is 13.8 Å². The number of nitrogens with zero attached hydrogens (tertiary/aromatic N) is 2. The lowest BCUT2D eigenvalue weighted by Crippen LogP contribution is -2.09. The SMILES string of the molecule is COC(=O)c1cnc(C)nc1Nc1ccccc1C. The van der Waals surface area contributed by atoms with Gasteiger partial charge in [0.1, 0.15) is 17.2 Å². The van der Waals surface area contributed by atoms with Crippen molar-refractivity contribution in [3.63, 3.8) is 0 Å². The molecule has 0 fully saturated rings. The first kappa shape index (κ1) is 13.0. The first-order valence-corrected chi connectivity index (χ1v) is 5.86. The Morgan fingerprint density at radius 2 is 2.00 bits per heavy atom. The van der Waals surface area contributed by atoms with Gasteiger partial charge < -0.3 is 10.1 Å². The van der Waals surface area contributed by atoms with Crippen LogP contribution in [0.5, 0.6) is 0 Å². The van der Waals surface area contributed by atoms with Crippen LogP contribution in [0, 0.1) is 13.8 Å². The molecule has 2 rings (SSSR count). The third-order valence-corrected chi connectivity index (χ3v) is 2.71. The fourth-order valence-corrected chi connectivity index (χ4v) is 1.67. The number of rotatable bonds is 3. The van der Waals surface area contributed by atoms with Gasteiger partial charge in [-0.05, 0) is 25.5 Å². The predicted octanol–water partition coefficient (Wildman–Crippen LogP) is 2.62. The second kappa shape index (κ2) is 5.48. The van der Waals surface area contributed by atoms with Crippen molar-refractivity contribution in [2.24, 2.45) is 0 Å². The zero-order valence-corrected chi connectivity index (χ0v) is 11.1. The van der Waals surface area contributed by atoms with E-state index in [9.17, 15) is 4.79 Å². The van der Waals surface area contributed by atoms with Gasteiger partial charge in [0.05, 0.1) is 7.11 Å². The van der Waals surface area contributed by atoms with E-state index >= 15 is 0 Å². The number of carbonyl (C=O) groups excluding carboxylic acids is 1. The quantitative estimate of drug-likeness (QED) is 0.856. The summed E-state index contributed by atoms with van der Waals surface area (Å²) in [7, 11) is 1.33. The van der Waals surface area contributed by atoms with Crippen molar-refractivity contribution in [1.82, 2.24) is 9.97 Å². The zero-order chi connectivity index (χ0) is 13.8.